The van der Waals surface area contributed by atoms with Crippen LogP contribution in [0.15, 0.2) is 180 Å². The van der Waals surface area contributed by atoms with E-state index in [4.69, 9.17) is 19.4 Å². The molecule has 51 heavy (non-hydrogen) atoms. The van der Waals surface area contributed by atoms with Crippen LogP contribution in [0.3, 0.4) is 0 Å². The molecule has 4 heteroatoms. The third-order valence-corrected chi connectivity index (χ3v) is 9.76. The summed E-state index contributed by atoms with van der Waals surface area (Å²) < 4.78 is 6.49. The third-order valence-electron chi connectivity index (χ3n) is 9.76. The Bertz CT molecular complexity index is 2930. The molecule has 8 aromatic carbocycles. The predicted molar refractivity (Wildman–Crippen MR) is 209 cm³/mol. The number of furan rings is 1. The van der Waals surface area contributed by atoms with Gasteiger partial charge in [-0.3, -0.25) is 0 Å². The number of rotatable bonds is 5. The van der Waals surface area contributed by atoms with Crippen molar-refractivity contribution in [2.24, 2.45) is 0 Å². The molecule has 0 bridgehead atoms. The number of benzene rings is 8. The van der Waals surface area contributed by atoms with Crippen LogP contribution >= 0.6 is 0 Å². The third kappa shape index (κ3) is 4.96. The quantitative estimate of drug-likeness (QED) is 0.186. The molecule has 10 rings (SSSR count). The van der Waals surface area contributed by atoms with E-state index in [0.717, 1.165) is 66.1 Å². The van der Waals surface area contributed by atoms with Gasteiger partial charge in [0, 0.05) is 21.9 Å². The highest BCUT2D eigenvalue weighted by atomic mass is 16.3. The first-order valence-electron chi connectivity index (χ1n) is 17.1. The lowest BCUT2D eigenvalue weighted by molar-refractivity contribution is 0.669. The topological polar surface area (TPSA) is 51.8 Å². The largest absolute Gasteiger partial charge is 0.455 e. The maximum absolute atomic E-state index is 6.49. The zero-order valence-corrected chi connectivity index (χ0v) is 27.5. The molecule has 0 spiro atoms. The molecule has 0 aliphatic carbocycles. The minimum absolute atomic E-state index is 0.560. The Labute approximate surface area is 294 Å². The van der Waals surface area contributed by atoms with Crippen LogP contribution < -0.4 is 0 Å². The minimum atomic E-state index is 0.560. The highest BCUT2D eigenvalue weighted by Gasteiger charge is 2.20. The van der Waals surface area contributed by atoms with Gasteiger partial charge in [-0.1, -0.05) is 152 Å². The summed E-state index contributed by atoms with van der Waals surface area (Å²) in [5, 5.41) is 6.74. The second-order valence-electron chi connectivity index (χ2n) is 12.8. The lowest BCUT2D eigenvalue weighted by Crippen LogP contribution is -2.02. The van der Waals surface area contributed by atoms with E-state index < -0.39 is 0 Å². The second kappa shape index (κ2) is 11.9. The van der Waals surface area contributed by atoms with Crippen LogP contribution in [0.4, 0.5) is 0 Å². The fourth-order valence-corrected chi connectivity index (χ4v) is 7.31. The monoisotopic (exact) mass is 651 g/mol. The number of hydrogen-bond donors (Lipinski definition) is 0. The van der Waals surface area contributed by atoms with Crippen molar-refractivity contribution in [3.8, 4) is 56.4 Å². The molecule has 0 unspecified atom stereocenters. The minimum Gasteiger partial charge on any atom is -0.455 e. The van der Waals surface area contributed by atoms with Gasteiger partial charge in [-0.15, -0.1) is 0 Å². The Morgan fingerprint density at radius 1 is 0.314 bits per heavy atom. The van der Waals surface area contributed by atoms with Gasteiger partial charge in [0.25, 0.3) is 0 Å². The summed E-state index contributed by atoms with van der Waals surface area (Å²) in [7, 11) is 0. The van der Waals surface area contributed by atoms with Gasteiger partial charge in [-0.05, 0) is 68.1 Å². The van der Waals surface area contributed by atoms with Crippen LogP contribution in [0.1, 0.15) is 0 Å². The van der Waals surface area contributed by atoms with Crippen molar-refractivity contribution in [1.29, 1.82) is 0 Å². The predicted octanol–water partition coefficient (Wildman–Crippen LogP) is 12.4. The molecule has 2 aromatic heterocycles. The van der Waals surface area contributed by atoms with Crippen LogP contribution in [0.5, 0.6) is 0 Å². The van der Waals surface area contributed by atoms with Crippen molar-refractivity contribution in [1.82, 2.24) is 15.0 Å². The molecule has 0 amide bonds. The van der Waals surface area contributed by atoms with Crippen LogP contribution in [0.2, 0.25) is 0 Å². The molecular formula is C47H29N3O. The van der Waals surface area contributed by atoms with Crippen LogP contribution in [0.25, 0.3) is 99.9 Å². The molecule has 0 aliphatic rings. The summed E-state index contributed by atoms with van der Waals surface area (Å²) in [4.78, 5) is 15.7. The maximum Gasteiger partial charge on any atom is 0.167 e. The van der Waals surface area contributed by atoms with Crippen molar-refractivity contribution in [2.75, 3.05) is 0 Å². The Morgan fingerprint density at radius 3 is 1.71 bits per heavy atom. The molecule has 0 atom stereocenters. The Morgan fingerprint density at radius 2 is 0.882 bits per heavy atom. The van der Waals surface area contributed by atoms with Gasteiger partial charge in [0.1, 0.15) is 11.2 Å². The van der Waals surface area contributed by atoms with Crippen molar-refractivity contribution < 1.29 is 4.42 Å². The summed E-state index contributed by atoms with van der Waals surface area (Å²) in [6, 6.07) is 61.1. The Kier molecular flexibility index (Phi) is 6.78. The standard InChI is InChI=1S/C47H29N3O/c1-2-14-31(15-3-1)34-17-6-9-21-40(34)45-48-46(50-47(49-45)42-23-12-22-39-38-20-10-11-24-43(38)51-44(39)42)41-28-27-35(36-18-7-8-19-37(36)41)33-26-25-30-13-4-5-16-32(30)29-33/h1-29H. The van der Waals surface area contributed by atoms with Gasteiger partial charge in [0.15, 0.2) is 17.5 Å². The first-order chi connectivity index (χ1) is 25.3. The molecule has 0 fully saturated rings. The molecule has 4 nitrogen and oxygen atoms in total. The smallest absolute Gasteiger partial charge is 0.167 e. The summed E-state index contributed by atoms with van der Waals surface area (Å²) in [6.07, 6.45) is 0. The van der Waals surface area contributed by atoms with E-state index in [1.807, 2.05) is 36.4 Å². The van der Waals surface area contributed by atoms with Crippen molar-refractivity contribution in [2.45, 2.75) is 0 Å². The summed E-state index contributed by atoms with van der Waals surface area (Å²) in [6.45, 7) is 0. The molecule has 10 aromatic rings. The van der Waals surface area contributed by atoms with E-state index in [1.54, 1.807) is 0 Å². The van der Waals surface area contributed by atoms with Crippen LogP contribution in [0, 0.1) is 0 Å². The molecule has 238 valence electrons. The SMILES string of the molecule is c1ccc(-c2ccccc2-c2nc(-c3ccc(-c4ccc5ccccc5c4)c4ccccc34)nc(-c3cccc4c3oc3ccccc34)n2)cc1. The van der Waals surface area contributed by atoms with E-state index in [-0.39, 0.29) is 0 Å². The summed E-state index contributed by atoms with van der Waals surface area (Å²) in [5.74, 6) is 1.77. The average molecular weight is 652 g/mol. The van der Waals surface area contributed by atoms with Gasteiger partial charge in [0.05, 0.1) is 5.56 Å². The van der Waals surface area contributed by atoms with Gasteiger partial charge in [-0.25, -0.2) is 15.0 Å². The molecule has 0 N–H and O–H groups in total. The highest BCUT2D eigenvalue weighted by Crippen LogP contribution is 2.40. The number of aromatic nitrogens is 3. The summed E-state index contributed by atoms with van der Waals surface area (Å²) >= 11 is 0. The first-order valence-corrected chi connectivity index (χ1v) is 17.1. The van der Waals surface area contributed by atoms with E-state index in [0.29, 0.717) is 17.5 Å². The zero-order valence-electron chi connectivity index (χ0n) is 27.5. The molecule has 0 saturated heterocycles. The first kappa shape index (κ1) is 29.0. The van der Waals surface area contributed by atoms with Gasteiger partial charge >= 0.3 is 0 Å². The zero-order chi connectivity index (χ0) is 33.7. The molecule has 0 radical (unpaired) electrons. The van der Waals surface area contributed by atoms with Gasteiger partial charge in [0.2, 0.25) is 0 Å². The highest BCUT2D eigenvalue weighted by molar-refractivity contribution is 6.09. The summed E-state index contributed by atoms with van der Waals surface area (Å²) in [5.41, 5.74) is 8.77. The van der Waals surface area contributed by atoms with Crippen molar-refractivity contribution >= 4 is 43.5 Å². The fourth-order valence-electron chi connectivity index (χ4n) is 7.31. The van der Waals surface area contributed by atoms with Crippen molar-refractivity contribution in [3.63, 3.8) is 0 Å². The van der Waals surface area contributed by atoms with Gasteiger partial charge in [-0.2, -0.15) is 0 Å². The van der Waals surface area contributed by atoms with Gasteiger partial charge < -0.3 is 4.42 Å². The number of para-hydroxylation sites is 2. The fraction of sp³-hybridized carbons (Fsp3) is 0. The van der Waals surface area contributed by atoms with E-state index in [2.05, 4.69) is 140 Å². The maximum atomic E-state index is 6.49. The number of hydrogen-bond acceptors (Lipinski definition) is 4. The van der Waals surface area contributed by atoms with Crippen LogP contribution in [-0.4, -0.2) is 15.0 Å². The van der Waals surface area contributed by atoms with E-state index in [9.17, 15) is 0 Å². The second-order valence-corrected chi connectivity index (χ2v) is 12.8. The van der Waals surface area contributed by atoms with Crippen molar-refractivity contribution in [3.05, 3.63) is 176 Å². The number of nitrogens with zero attached hydrogens (tertiary/aromatic N) is 3. The lowest BCUT2D eigenvalue weighted by atomic mass is 9.93. The molecule has 2 heterocycles. The molecule has 0 saturated carbocycles. The Balaban J connectivity index is 1.22. The molecular weight excluding hydrogens is 623 g/mol. The van der Waals surface area contributed by atoms with E-state index in [1.165, 1.54) is 16.3 Å². The normalized spacial score (nSPS) is 11.5. The molecule has 0 aliphatic heterocycles. The van der Waals surface area contributed by atoms with E-state index >= 15 is 0 Å². The Hall–Kier alpha value is -6.91. The van der Waals surface area contributed by atoms with Crippen LogP contribution in [-0.2, 0) is 0 Å². The lowest BCUT2D eigenvalue weighted by Gasteiger charge is -2.14. The average Bonchev–Trinajstić information content (AvgIpc) is 3.59. The number of fused-ring (bicyclic) bond motifs is 5.